The van der Waals surface area contributed by atoms with Crippen LogP contribution in [-0.4, -0.2) is 5.11 Å². The predicted molar refractivity (Wildman–Crippen MR) is 71.9 cm³/mol. The minimum absolute atomic E-state index is 0.0183. The van der Waals surface area contributed by atoms with Gasteiger partial charge >= 0.3 is 0 Å². The highest BCUT2D eigenvalue weighted by Crippen LogP contribution is 2.36. The van der Waals surface area contributed by atoms with Crippen LogP contribution in [0.25, 0.3) is 0 Å². The Hall–Kier alpha value is -0.870. The summed E-state index contributed by atoms with van der Waals surface area (Å²) in [5.41, 5.74) is 0.284. The molecule has 0 aromatic heterocycles. The molecule has 0 amide bonds. The van der Waals surface area contributed by atoms with E-state index in [4.69, 9.17) is 34.8 Å². The zero-order valence-electron chi connectivity index (χ0n) is 9.30. The molecule has 0 aliphatic heterocycles. The summed E-state index contributed by atoms with van der Waals surface area (Å²) in [6.45, 7) is 0. The summed E-state index contributed by atoms with van der Waals surface area (Å²) in [5.74, 6) is -2.19. The summed E-state index contributed by atoms with van der Waals surface area (Å²) < 4.78 is 26.2. The zero-order valence-corrected chi connectivity index (χ0v) is 11.6. The van der Waals surface area contributed by atoms with Crippen molar-refractivity contribution in [3.63, 3.8) is 0 Å². The Labute approximate surface area is 123 Å². The second-order valence-electron chi connectivity index (χ2n) is 3.83. The van der Waals surface area contributed by atoms with Gasteiger partial charge in [-0.25, -0.2) is 8.78 Å². The van der Waals surface area contributed by atoms with Crippen LogP contribution in [0.1, 0.15) is 17.2 Å². The summed E-state index contributed by atoms with van der Waals surface area (Å²) in [6.07, 6.45) is -1.30. The Morgan fingerprint density at radius 1 is 0.895 bits per heavy atom. The van der Waals surface area contributed by atoms with Crippen molar-refractivity contribution in [3.05, 3.63) is 68.2 Å². The predicted octanol–water partition coefficient (Wildman–Crippen LogP) is 5.01. The normalized spacial score (nSPS) is 12.5. The van der Waals surface area contributed by atoms with Crippen LogP contribution in [-0.2, 0) is 0 Å². The first-order valence-corrected chi connectivity index (χ1v) is 6.31. The van der Waals surface area contributed by atoms with E-state index < -0.39 is 17.7 Å². The van der Waals surface area contributed by atoms with Crippen LogP contribution in [0.3, 0.4) is 0 Å². The molecule has 0 aliphatic rings. The summed E-state index contributed by atoms with van der Waals surface area (Å²) in [7, 11) is 0. The Bertz CT molecular complexity index is 632. The van der Waals surface area contributed by atoms with Gasteiger partial charge in [0.25, 0.3) is 0 Å². The quantitative estimate of drug-likeness (QED) is 0.771. The van der Waals surface area contributed by atoms with Crippen molar-refractivity contribution in [2.45, 2.75) is 6.10 Å². The Balaban J connectivity index is 2.53. The minimum Gasteiger partial charge on any atom is -0.384 e. The maximum Gasteiger partial charge on any atom is 0.160 e. The molecule has 0 fully saturated rings. The molecule has 0 saturated carbocycles. The molecule has 19 heavy (non-hydrogen) atoms. The first kappa shape index (κ1) is 14.5. The van der Waals surface area contributed by atoms with Crippen molar-refractivity contribution >= 4 is 34.8 Å². The number of hydrogen-bond acceptors (Lipinski definition) is 1. The van der Waals surface area contributed by atoms with Crippen LogP contribution in [0.2, 0.25) is 15.1 Å². The molecule has 0 spiro atoms. The fourth-order valence-electron chi connectivity index (χ4n) is 1.65. The van der Waals surface area contributed by atoms with Gasteiger partial charge < -0.3 is 5.11 Å². The minimum atomic E-state index is -1.30. The second kappa shape index (κ2) is 5.63. The molecule has 2 aromatic rings. The lowest BCUT2D eigenvalue weighted by atomic mass is 10.0. The van der Waals surface area contributed by atoms with Crippen molar-refractivity contribution < 1.29 is 13.9 Å². The number of aliphatic hydroxyl groups is 1. The molecule has 0 saturated heterocycles. The number of benzene rings is 2. The van der Waals surface area contributed by atoms with Gasteiger partial charge in [-0.2, -0.15) is 0 Å². The van der Waals surface area contributed by atoms with Gasteiger partial charge in [0.05, 0.1) is 10.0 Å². The van der Waals surface area contributed by atoms with Gasteiger partial charge in [0, 0.05) is 16.1 Å². The zero-order chi connectivity index (χ0) is 14.2. The SMILES string of the molecule is OC(c1cc(F)c(F)cc1Cl)c1cccc(Cl)c1Cl. The highest BCUT2D eigenvalue weighted by molar-refractivity contribution is 6.42. The molecule has 2 aromatic carbocycles. The fourth-order valence-corrected chi connectivity index (χ4v) is 2.31. The molecule has 1 N–H and O–H groups in total. The Kier molecular flexibility index (Phi) is 4.31. The lowest BCUT2D eigenvalue weighted by Crippen LogP contribution is -2.03. The highest BCUT2D eigenvalue weighted by Gasteiger charge is 2.20. The van der Waals surface area contributed by atoms with E-state index in [2.05, 4.69) is 0 Å². The third-order valence-corrected chi connectivity index (χ3v) is 3.77. The van der Waals surface area contributed by atoms with Crippen LogP contribution in [0.15, 0.2) is 30.3 Å². The molecule has 1 atom stereocenters. The van der Waals surface area contributed by atoms with Gasteiger partial charge in [0.15, 0.2) is 11.6 Å². The lowest BCUT2D eigenvalue weighted by Gasteiger charge is -2.15. The third-order valence-electron chi connectivity index (χ3n) is 2.61. The monoisotopic (exact) mass is 322 g/mol. The van der Waals surface area contributed by atoms with E-state index in [-0.39, 0.29) is 26.2 Å². The van der Waals surface area contributed by atoms with Crippen LogP contribution in [0, 0.1) is 11.6 Å². The molecular weight excluding hydrogens is 316 g/mol. The summed E-state index contributed by atoms with van der Waals surface area (Å²) >= 11 is 17.6. The van der Waals surface area contributed by atoms with Crippen molar-refractivity contribution in [2.24, 2.45) is 0 Å². The Morgan fingerprint density at radius 3 is 2.21 bits per heavy atom. The molecule has 0 aliphatic carbocycles. The van der Waals surface area contributed by atoms with E-state index in [0.717, 1.165) is 12.1 Å². The van der Waals surface area contributed by atoms with Gasteiger partial charge in [-0.3, -0.25) is 0 Å². The molecule has 100 valence electrons. The van der Waals surface area contributed by atoms with Crippen LogP contribution in [0.5, 0.6) is 0 Å². The van der Waals surface area contributed by atoms with E-state index in [9.17, 15) is 13.9 Å². The standard InChI is InChI=1S/C13H7Cl3F2O/c14-8-3-1-2-6(12(8)16)13(19)7-4-10(17)11(18)5-9(7)15/h1-5,13,19H. The van der Waals surface area contributed by atoms with E-state index in [0.29, 0.717) is 0 Å². The molecule has 0 bridgehead atoms. The highest BCUT2D eigenvalue weighted by atomic mass is 35.5. The van der Waals surface area contributed by atoms with Gasteiger partial charge in [-0.1, -0.05) is 46.9 Å². The molecular formula is C13H7Cl3F2O. The maximum atomic E-state index is 13.2. The third kappa shape index (κ3) is 2.84. The Morgan fingerprint density at radius 2 is 1.53 bits per heavy atom. The smallest absolute Gasteiger partial charge is 0.160 e. The average Bonchev–Trinajstić information content (AvgIpc) is 2.36. The number of hydrogen-bond donors (Lipinski definition) is 1. The topological polar surface area (TPSA) is 20.2 Å². The van der Waals surface area contributed by atoms with Crippen LogP contribution in [0.4, 0.5) is 8.78 Å². The maximum absolute atomic E-state index is 13.2. The van der Waals surface area contributed by atoms with E-state index in [1.54, 1.807) is 12.1 Å². The summed E-state index contributed by atoms with van der Waals surface area (Å²) in [4.78, 5) is 0. The largest absolute Gasteiger partial charge is 0.384 e. The summed E-state index contributed by atoms with van der Waals surface area (Å²) in [6, 6.07) is 6.29. The molecule has 0 heterocycles. The molecule has 0 radical (unpaired) electrons. The van der Waals surface area contributed by atoms with Crippen molar-refractivity contribution in [1.82, 2.24) is 0 Å². The van der Waals surface area contributed by atoms with E-state index in [1.807, 2.05) is 0 Å². The lowest BCUT2D eigenvalue weighted by molar-refractivity contribution is 0.219. The molecule has 1 unspecified atom stereocenters. The number of rotatable bonds is 2. The van der Waals surface area contributed by atoms with E-state index >= 15 is 0 Å². The van der Waals surface area contributed by atoms with Gasteiger partial charge in [0.1, 0.15) is 6.10 Å². The van der Waals surface area contributed by atoms with Crippen LogP contribution < -0.4 is 0 Å². The van der Waals surface area contributed by atoms with Crippen molar-refractivity contribution in [3.8, 4) is 0 Å². The molecule has 6 heteroatoms. The van der Waals surface area contributed by atoms with Crippen molar-refractivity contribution in [1.29, 1.82) is 0 Å². The van der Waals surface area contributed by atoms with E-state index in [1.165, 1.54) is 6.07 Å². The number of halogens is 5. The summed E-state index contributed by atoms with van der Waals surface area (Å²) in [5, 5.41) is 10.5. The molecule has 1 nitrogen and oxygen atoms in total. The average molecular weight is 324 g/mol. The first-order valence-electron chi connectivity index (χ1n) is 5.18. The second-order valence-corrected chi connectivity index (χ2v) is 5.03. The number of aliphatic hydroxyl groups excluding tert-OH is 1. The molecule has 2 rings (SSSR count). The van der Waals surface area contributed by atoms with Crippen molar-refractivity contribution in [2.75, 3.05) is 0 Å². The van der Waals surface area contributed by atoms with Gasteiger partial charge in [0.2, 0.25) is 0 Å². The first-order chi connectivity index (χ1) is 8.91. The van der Waals surface area contributed by atoms with Gasteiger partial charge in [-0.05, 0) is 18.2 Å². The van der Waals surface area contributed by atoms with Crippen LogP contribution >= 0.6 is 34.8 Å². The van der Waals surface area contributed by atoms with Gasteiger partial charge in [-0.15, -0.1) is 0 Å². The fraction of sp³-hybridized carbons (Fsp3) is 0.0769.